The summed E-state index contributed by atoms with van der Waals surface area (Å²) in [4.78, 5) is 27.2. The quantitative estimate of drug-likeness (QED) is 0.760. The number of hydrogen-bond donors (Lipinski definition) is 2. The molecule has 0 aromatic carbocycles. The van der Waals surface area contributed by atoms with E-state index in [1.54, 1.807) is 18.2 Å². The van der Waals surface area contributed by atoms with E-state index >= 15 is 0 Å². The van der Waals surface area contributed by atoms with E-state index in [-0.39, 0.29) is 17.7 Å². The summed E-state index contributed by atoms with van der Waals surface area (Å²) in [7, 11) is 0. The van der Waals surface area contributed by atoms with Gasteiger partial charge in [0.2, 0.25) is 5.91 Å². The Morgan fingerprint density at radius 1 is 1.17 bits per heavy atom. The van der Waals surface area contributed by atoms with Crippen molar-refractivity contribution in [2.75, 3.05) is 0 Å². The molecule has 92 valence electrons. The molecule has 0 saturated carbocycles. The fraction of sp³-hybridized carbons (Fsp3) is 0.154. The molecule has 1 aromatic rings. The minimum Gasteiger partial charge on any atom is -0.273 e. The van der Waals surface area contributed by atoms with Gasteiger partial charge in [-0.05, 0) is 18.6 Å². The Morgan fingerprint density at radius 3 is 2.61 bits per heavy atom. The van der Waals surface area contributed by atoms with Gasteiger partial charge < -0.3 is 0 Å². The zero-order valence-electron chi connectivity index (χ0n) is 9.67. The van der Waals surface area contributed by atoms with Crippen LogP contribution in [0.5, 0.6) is 0 Å². The lowest BCUT2D eigenvalue weighted by molar-refractivity contribution is -0.124. The highest BCUT2D eigenvalue weighted by molar-refractivity contribution is 5.95. The molecule has 0 saturated heterocycles. The van der Waals surface area contributed by atoms with Crippen molar-refractivity contribution in [3.05, 3.63) is 54.4 Å². The zero-order valence-corrected chi connectivity index (χ0v) is 9.67. The largest absolute Gasteiger partial charge is 0.273 e. The summed E-state index contributed by atoms with van der Waals surface area (Å²) < 4.78 is 0. The van der Waals surface area contributed by atoms with Gasteiger partial charge in [0.25, 0.3) is 5.91 Å². The molecule has 1 atom stereocenters. The van der Waals surface area contributed by atoms with Crippen molar-refractivity contribution in [2.24, 2.45) is 5.92 Å². The van der Waals surface area contributed by atoms with Crippen molar-refractivity contribution >= 4 is 11.8 Å². The number of amides is 2. The third-order valence-corrected chi connectivity index (χ3v) is 2.56. The fourth-order valence-electron chi connectivity index (χ4n) is 1.56. The molecule has 0 fully saturated rings. The van der Waals surface area contributed by atoms with Gasteiger partial charge in [-0.1, -0.05) is 24.3 Å². The van der Waals surface area contributed by atoms with Gasteiger partial charge in [-0.2, -0.15) is 0 Å². The number of pyridine rings is 1. The number of aromatic nitrogens is 1. The molecule has 5 nitrogen and oxygen atoms in total. The van der Waals surface area contributed by atoms with E-state index in [4.69, 9.17) is 0 Å². The molecule has 1 heterocycles. The van der Waals surface area contributed by atoms with Crippen molar-refractivity contribution in [1.82, 2.24) is 15.8 Å². The van der Waals surface area contributed by atoms with Crippen LogP contribution in [-0.2, 0) is 4.79 Å². The Hall–Kier alpha value is -2.43. The first-order valence-corrected chi connectivity index (χ1v) is 5.61. The molecule has 0 spiro atoms. The smallest absolute Gasteiger partial charge is 0.269 e. The Morgan fingerprint density at radius 2 is 1.94 bits per heavy atom. The number of carbonyl (C=O) groups excluding carboxylic acids is 2. The summed E-state index contributed by atoms with van der Waals surface area (Å²) in [6, 6.07) is 3.15. The van der Waals surface area contributed by atoms with E-state index in [0.717, 1.165) is 0 Å². The second kappa shape index (κ2) is 5.77. The van der Waals surface area contributed by atoms with E-state index < -0.39 is 0 Å². The molecule has 5 heteroatoms. The number of rotatable bonds is 2. The molecule has 1 aliphatic rings. The Balaban J connectivity index is 1.85. The first-order valence-electron chi connectivity index (χ1n) is 5.61. The van der Waals surface area contributed by atoms with Crippen LogP contribution in [0.4, 0.5) is 0 Å². The highest BCUT2D eigenvalue weighted by Gasteiger charge is 2.15. The number of carbonyl (C=O) groups is 2. The summed E-state index contributed by atoms with van der Waals surface area (Å²) in [5.41, 5.74) is 5.23. The Labute approximate surface area is 105 Å². The Kier molecular flexibility index (Phi) is 3.86. The fourth-order valence-corrected chi connectivity index (χ4v) is 1.56. The number of nitrogens with one attached hydrogen (secondary N) is 2. The van der Waals surface area contributed by atoms with E-state index in [2.05, 4.69) is 15.8 Å². The number of hydrazine groups is 1. The van der Waals surface area contributed by atoms with Crippen LogP contribution in [0.3, 0.4) is 0 Å². The molecule has 0 radical (unpaired) electrons. The van der Waals surface area contributed by atoms with E-state index in [0.29, 0.717) is 12.0 Å². The van der Waals surface area contributed by atoms with Gasteiger partial charge in [0.1, 0.15) is 0 Å². The van der Waals surface area contributed by atoms with Crippen LogP contribution >= 0.6 is 0 Å². The van der Waals surface area contributed by atoms with E-state index in [1.807, 2.05) is 18.2 Å². The number of nitrogens with zero attached hydrogens (tertiary/aromatic N) is 1. The van der Waals surface area contributed by atoms with Gasteiger partial charge in [-0.25, -0.2) is 0 Å². The third kappa shape index (κ3) is 3.04. The molecular formula is C13H13N3O2. The van der Waals surface area contributed by atoms with Crippen LogP contribution in [0, 0.1) is 5.92 Å². The van der Waals surface area contributed by atoms with Crippen LogP contribution in [0.1, 0.15) is 16.8 Å². The topological polar surface area (TPSA) is 71.1 Å². The van der Waals surface area contributed by atoms with Gasteiger partial charge >= 0.3 is 0 Å². The van der Waals surface area contributed by atoms with Crippen LogP contribution in [-0.4, -0.2) is 16.8 Å². The normalized spacial score (nSPS) is 17.2. The summed E-state index contributed by atoms with van der Waals surface area (Å²) >= 11 is 0. The van der Waals surface area contributed by atoms with Crippen LogP contribution in [0.2, 0.25) is 0 Å². The Bertz CT molecular complexity index is 494. The van der Waals surface area contributed by atoms with Crippen molar-refractivity contribution < 1.29 is 9.59 Å². The monoisotopic (exact) mass is 243 g/mol. The predicted octanol–water partition coefficient (Wildman–Crippen LogP) is 0.975. The second-order valence-electron chi connectivity index (χ2n) is 3.83. The van der Waals surface area contributed by atoms with Crippen molar-refractivity contribution in [3.8, 4) is 0 Å². The maximum absolute atomic E-state index is 11.7. The van der Waals surface area contributed by atoms with E-state index in [1.165, 1.54) is 12.4 Å². The molecule has 2 amide bonds. The highest BCUT2D eigenvalue weighted by atomic mass is 16.2. The summed E-state index contributed by atoms with van der Waals surface area (Å²) in [6.45, 7) is 0. The molecular weight excluding hydrogens is 230 g/mol. The maximum atomic E-state index is 11.7. The maximum Gasteiger partial charge on any atom is 0.269 e. The minimum atomic E-state index is -0.360. The molecule has 1 aliphatic carbocycles. The van der Waals surface area contributed by atoms with E-state index in [9.17, 15) is 9.59 Å². The minimum absolute atomic E-state index is 0.224. The molecule has 0 aliphatic heterocycles. The molecule has 2 N–H and O–H groups in total. The lowest BCUT2D eigenvalue weighted by Gasteiger charge is -2.13. The van der Waals surface area contributed by atoms with Crippen LogP contribution in [0.25, 0.3) is 0 Å². The number of allylic oxidation sites excluding steroid dienone is 3. The third-order valence-electron chi connectivity index (χ3n) is 2.56. The average Bonchev–Trinajstić information content (AvgIpc) is 2.46. The first-order chi connectivity index (χ1) is 8.77. The van der Waals surface area contributed by atoms with Crippen molar-refractivity contribution in [3.63, 3.8) is 0 Å². The lowest BCUT2D eigenvalue weighted by Crippen LogP contribution is -2.44. The van der Waals surface area contributed by atoms with Crippen molar-refractivity contribution in [2.45, 2.75) is 6.42 Å². The van der Waals surface area contributed by atoms with Gasteiger partial charge in [0.05, 0.1) is 5.92 Å². The van der Waals surface area contributed by atoms with Gasteiger partial charge in [-0.3, -0.25) is 25.4 Å². The SMILES string of the molecule is O=C(NNC(=O)C1C=CC=CC1)c1ccncc1. The molecule has 1 aromatic heterocycles. The first kappa shape index (κ1) is 12.0. The van der Waals surface area contributed by atoms with Crippen LogP contribution in [0.15, 0.2) is 48.8 Å². The van der Waals surface area contributed by atoms with Crippen LogP contribution < -0.4 is 10.9 Å². The summed E-state index contributed by atoms with van der Waals surface area (Å²) in [6.07, 6.45) is 11.1. The summed E-state index contributed by atoms with van der Waals surface area (Å²) in [5, 5.41) is 0. The molecule has 18 heavy (non-hydrogen) atoms. The summed E-state index contributed by atoms with van der Waals surface area (Å²) in [5.74, 6) is -0.813. The predicted molar refractivity (Wildman–Crippen MR) is 66.2 cm³/mol. The van der Waals surface area contributed by atoms with Gasteiger partial charge in [-0.15, -0.1) is 0 Å². The standard InChI is InChI=1S/C13H13N3O2/c17-12(10-4-2-1-3-5-10)15-16-13(18)11-6-8-14-9-7-11/h1-4,6-10H,5H2,(H,15,17)(H,16,18). The average molecular weight is 243 g/mol. The lowest BCUT2D eigenvalue weighted by atomic mass is 10.0. The highest BCUT2D eigenvalue weighted by Crippen LogP contribution is 2.10. The van der Waals surface area contributed by atoms with Crippen molar-refractivity contribution in [1.29, 1.82) is 0 Å². The number of hydrogen-bond acceptors (Lipinski definition) is 3. The molecule has 2 rings (SSSR count). The molecule has 1 unspecified atom stereocenters. The zero-order chi connectivity index (χ0) is 12.8. The van der Waals surface area contributed by atoms with Gasteiger partial charge in [0.15, 0.2) is 0 Å². The second-order valence-corrected chi connectivity index (χ2v) is 3.83. The molecule has 0 bridgehead atoms. The van der Waals surface area contributed by atoms with Gasteiger partial charge in [0, 0.05) is 18.0 Å².